The fraction of sp³-hybridized carbons (Fsp3) is 0.167. The Morgan fingerprint density at radius 1 is 1.06 bits per heavy atom. The van der Waals surface area contributed by atoms with Crippen LogP contribution in [0, 0.1) is 0 Å². The molecular weight excluding hydrogens is 394 g/mol. The van der Waals surface area contributed by atoms with E-state index in [9.17, 15) is 4.79 Å². The van der Waals surface area contributed by atoms with Crippen LogP contribution in [0.3, 0.4) is 0 Å². The summed E-state index contributed by atoms with van der Waals surface area (Å²) in [5.74, 6) is 1.48. The molecule has 2 N–H and O–H groups in total. The molecule has 7 heteroatoms. The van der Waals surface area contributed by atoms with Gasteiger partial charge in [0.1, 0.15) is 23.8 Å². The van der Waals surface area contributed by atoms with E-state index >= 15 is 0 Å². The Morgan fingerprint density at radius 2 is 1.84 bits per heavy atom. The van der Waals surface area contributed by atoms with E-state index in [1.165, 1.54) is 0 Å². The summed E-state index contributed by atoms with van der Waals surface area (Å²) in [7, 11) is 3.99. The first-order chi connectivity index (χ1) is 15.0. The monoisotopic (exact) mass is 417 g/mol. The predicted molar refractivity (Wildman–Crippen MR) is 118 cm³/mol. The molecule has 3 aromatic carbocycles. The van der Waals surface area contributed by atoms with Crippen LogP contribution >= 0.6 is 0 Å². The minimum Gasteiger partial charge on any atom is -0.492 e. The van der Waals surface area contributed by atoms with Crippen molar-refractivity contribution < 1.29 is 19.5 Å². The summed E-state index contributed by atoms with van der Waals surface area (Å²) < 4.78 is 12.1. The molecule has 0 fully saturated rings. The van der Waals surface area contributed by atoms with Crippen LogP contribution in [-0.2, 0) is 0 Å². The molecule has 4 rings (SSSR count). The number of nitrogens with zero attached hydrogens (tertiary/aromatic N) is 2. The standard InChI is InChI=1S/C24H23N3O4/c1-27(2)13-14-30-18-11-12-21-19(15-18)23(25-20-5-3-4-6-22(20)31-21)16-7-9-17(10-8-16)24(28)26-29/h3-12,15,29H,13-14H2,1-2H3,(H,26,28). The van der Waals surface area contributed by atoms with Gasteiger partial charge in [0, 0.05) is 23.2 Å². The maximum absolute atomic E-state index is 11.7. The topological polar surface area (TPSA) is 83.4 Å². The van der Waals surface area contributed by atoms with Crippen molar-refractivity contribution in [1.29, 1.82) is 0 Å². The number of carbonyl (C=O) groups excluding carboxylic acids is 1. The summed E-state index contributed by atoms with van der Waals surface area (Å²) >= 11 is 0. The number of fused-ring (bicyclic) bond motifs is 2. The average Bonchev–Trinajstić information content (AvgIpc) is 2.95. The van der Waals surface area contributed by atoms with Gasteiger partial charge in [-0.25, -0.2) is 10.5 Å². The van der Waals surface area contributed by atoms with Gasteiger partial charge >= 0.3 is 0 Å². The average molecular weight is 417 g/mol. The molecule has 31 heavy (non-hydrogen) atoms. The molecule has 0 aromatic heterocycles. The third-order valence-electron chi connectivity index (χ3n) is 4.85. The summed E-state index contributed by atoms with van der Waals surface area (Å²) in [5, 5.41) is 8.86. The summed E-state index contributed by atoms with van der Waals surface area (Å²) in [5.41, 5.74) is 5.00. The minimum absolute atomic E-state index is 0.345. The number of amides is 1. The van der Waals surface area contributed by atoms with Crippen LogP contribution in [0.25, 0.3) is 0 Å². The van der Waals surface area contributed by atoms with Gasteiger partial charge in [-0.15, -0.1) is 0 Å². The highest BCUT2D eigenvalue weighted by molar-refractivity contribution is 6.16. The lowest BCUT2D eigenvalue weighted by molar-refractivity contribution is 0.0706. The van der Waals surface area contributed by atoms with E-state index in [-0.39, 0.29) is 0 Å². The summed E-state index contributed by atoms with van der Waals surface area (Å²) in [6.07, 6.45) is 0. The summed E-state index contributed by atoms with van der Waals surface area (Å²) in [4.78, 5) is 18.6. The number of nitrogens with one attached hydrogen (secondary N) is 1. The minimum atomic E-state index is -0.569. The molecule has 1 amide bonds. The van der Waals surface area contributed by atoms with Crippen molar-refractivity contribution in [2.75, 3.05) is 27.2 Å². The molecule has 0 atom stereocenters. The third-order valence-corrected chi connectivity index (χ3v) is 4.85. The number of rotatable bonds is 6. The number of hydrogen-bond acceptors (Lipinski definition) is 6. The van der Waals surface area contributed by atoms with Crippen LogP contribution in [0.2, 0.25) is 0 Å². The molecule has 1 heterocycles. The number of likely N-dealkylation sites (N-methyl/N-ethyl adjacent to an activating group) is 1. The van der Waals surface area contributed by atoms with E-state index in [0.717, 1.165) is 23.4 Å². The van der Waals surface area contributed by atoms with E-state index in [2.05, 4.69) is 4.90 Å². The lowest BCUT2D eigenvalue weighted by atomic mass is 9.99. The van der Waals surface area contributed by atoms with Gasteiger partial charge in [0.05, 0.1) is 5.71 Å². The highest BCUT2D eigenvalue weighted by Gasteiger charge is 2.21. The van der Waals surface area contributed by atoms with Crippen molar-refractivity contribution in [3.63, 3.8) is 0 Å². The Morgan fingerprint density at radius 3 is 2.58 bits per heavy atom. The molecule has 7 nitrogen and oxygen atoms in total. The predicted octanol–water partition coefficient (Wildman–Crippen LogP) is 4.02. The molecule has 1 aliphatic heterocycles. The molecule has 1 aliphatic rings. The Balaban J connectivity index is 1.77. The number of ether oxygens (including phenoxy) is 2. The van der Waals surface area contributed by atoms with Gasteiger partial charge in [-0.1, -0.05) is 24.3 Å². The quantitative estimate of drug-likeness (QED) is 0.366. The fourth-order valence-electron chi connectivity index (χ4n) is 3.22. The van der Waals surface area contributed by atoms with E-state index in [4.69, 9.17) is 19.7 Å². The van der Waals surface area contributed by atoms with Gasteiger partial charge in [-0.2, -0.15) is 0 Å². The van der Waals surface area contributed by atoms with E-state index in [1.54, 1.807) is 29.7 Å². The number of benzene rings is 3. The lowest BCUT2D eigenvalue weighted by Gasteiger charge is -2.14. The van der Waals surface area contributed by atoms with Gasteiger partial charge in [-0.05, 0) is 56.6 Å². The van der Waals surface area contributed by atoms with Crippen LogP contribution in [0.5, 0.6) is 17.2 Å². The number of hydrogen-bond donors (Lipinski definition) is 2. The number of hydroxylamine groups is 1. The Labute approximate surface area is 180 Å². The van der Waals surface area contributed by atoms with Crippen LogP contribution in [-0.4, -0.2) is 49.0 Å². The van der Waals surface area contributed by atoms with E-state index < -0.39 is 5.91 Å². The van der Waals surface area contributed by atoms with Gasteiger partial charge < -0.3 is 14.4 Å². The smallest absolute Gasteiger partial charge is 0.274 e. The molecule has 0 saturated heterocycles. The third kappa shape index (κ3) is 4.58. The SMILES string of the molecule is CN(C)CCOc1ccc2c(c1)C(c1ccc(C(=O)NO)cc1)=Nc1ccccc1O2. The van der Waals surface area contributed by atoms with E-state index in [1.807, 2.05) is 56.6 Å². The van der Waals surface area contributed by atoms with Crippen LogP contribution in [0.4, 0.5) is 5.69 Å². The van der Waals surface area contributed by atoms with Crippen molar-refractivity contribution in [3.8, 4) is 17.2 Å². The molecule has 0 aliphatic carbocycles. The zero-order valence-electron chi connectivity index (χ0n) is 17.3. The number of carbonyl (C=O) groups is 1. The normalized spacial score (nSPS) is 12.2. The maximum atomic E-state index is 11.7. The largest absolute Gasteiger partial charge is 0.492 e. The number of para-hydroxylation sites is 2. The van der Waals surface area contributed by atoms with Crippen molar-refractivity contribution in [1.82, 2.24) is 10.4 Å². The van der Waals surface area contributed by atoms with E-state index in [0.29, 0.717) is 35.1 Å². The molecule has 0 saturated carbocycles. The first kappa shape index (κ1) is 20.6. The van der Waals surface area contributed by atoms with Crippen LogP contribution in [0.1, 0.15) is 21.5 Å². The van der Waals surface area contributed by atoms with Gasteiger partial charge in [-0.3, -0.25) is 10.0 Å². The second-order valence-corrected chi connectivity index (χ2v) is 7.36. The molecule has 0 bridgehead atoms. The first-order valence-corrected chi connectivity index (χ1v) is 9.87. The van der Waals surface area contributed by atoms with Crippen LogP contribution in [0.15, 0.2) is 71.7 Å². The van der Waals surface area contributed by atoms with Gasteiger partial charge in [0.2, 0.25) is 0 Å². The Bertz CT molecular complexity index is 1120. The number of aliphatic imine (C=N–C) groups is 1. The summed E-state index contributed by atoms with van der Waals surface area (Å²) in [6.45, 7) is 1.36. The second kappa shape index (κ2) is 8.99. The first-order valence-electron chi connectivity index (χ1n) is 9.87. The zero-order chi connectivity index (χ0) is 21.8. The molecule has 0 unspecified atom stereocenters. The Kier molecular flexibility index (Phi) is 5.97. The molecule has 0 spiro atoms. The van der Waals surface area contributed by atoms with Crippen LogP contribution < -0.4 is 15.0 Å². The summed E-state index contributed by atoms with van der Waals surface area (Å²) in [6, 6.07) is 20.1. The molecule has 3 aromatic rings. The van der Waals surface area contributed by atoms with Crippen molar-refractivity contribution in [3.05, 3.63) is 83.4 Å². The second-order valence-electron chi connectivity index (χ2n) is 7.36. The highest BCUT2D eigenvalue weighted by atomic mass is 16.5. The van der Waals surface area contributed by atoms with Crippen molar-refractivity contribution in [2.45, 2.75) is 0 Å². The lowest BCUT2D eigenvalue weighted by Crippen LogP contribution is -2.19. The Hall–Kier alpha value is -3.68. The molecular formula is C24H23N3O4. The van der Waals surface area contributed by atoms with Gasteiger partial charge in [0.25, 0.3) is 5.91 Å². The molecule has 158 valence electrons. The van der Waals surface area contributed by atoms with Crippen molar-refractivity contribution >= 4 is 17.3 Å². The van der Waals surface area contributed by atoms with Gasteiger partial charge in [0.15, 0.2) is 5.75 Å². The zero-order valence-corrected chi connectivity index (χ0v) is 17.3. The van der Waals surface area contributed by atoms with Crippen molar-refractivity contribution in [2.24, 2.45) is 4.99 Å². The molecule has 0 radical (unpaired) electrons. The maximum Gasteiger partial charge on any atom is 0.274 e. The highest BCUT2D eigenvalue weighted by Crippen LogP contribution is 2.39. The fourth-order valence-corrected chi connectivity index (χ4v) is 3.22.